The molecule has 7 heteroatoms. The molecule has 0 saturated carbocycles. The van der Waals surface area contributed by atoms with Crippen molar-refractivity contribution in [3.8, 4) is 0 Å². The topological polar surface area (TPSA) is 71.8 Å². The normalized spacial score (nSPS) is 20.2. The van der Waals surface area contributed by atoms with Crippen LogP contribution in [0.15, 0.2) is 15.4 Å². The van der Waals surface area contributed by atoms with E-state index in [1.165, 1.54) is 4.31 Å². The maximum Gasteiger partial charge on any atom is 0.246 e. The third-order valence-corrected chi connectivity index (χ3v) is 5.24. The number of morpholine rings is 1. The summed E-state index contributed by atoms with van der Waals surface area (Å²) < 4.78 is 37.9. The number of aryl methyl sites for hydroxylation is 1. The zero-order valence-electron chi connectivity index (χ0n) is 12.4. The summed E-state index contributed by atoms with van der Waals surface area (Å²) in [6, 6.07) is 1.60. The summed E-state index contributed by atoms with van der Waals surface area (Å²) in [5, 5.41) is 2.95. The molecule has 1 N–H and O–H groups in total. The van der Waals surface area contributed by atoms with Gasteiger partial charge in [0, 0.05) is 19.2 Å². The molecule has 1 fully saturated rings. The van der Waals surface area contributed by atoms with Gasteiger partial charge in [-0.25, -0.2) is 8.42 Å². The fourth-order valence-electron chi connectivity index (χ4n) is 2.36. The maximum atomic E-state index is 12.7. The highest BCUT2D eigenvalue weighted by molar-refractivity contribution is 7.89. The number of hydrogen-bond donors (Lipinski definition) is 1. The molecule has 114 valence electrons. The molecule has 1 saturated heterocycles. The summed E-state index contributed by atoms with van der Waals surface area (Å²) in [4.78, 5) is 0.250. The second-order valence-corrected chi connectivity index (χ2v) is 7.52. The van der Waals surface area contributed by atoms with E-state index >= 15 is 0 Å². The predicted octanol–water partition coefficient (Wildman–Crippen LogP) is 1.11. The van der Waals surface area contributed by atoms with Gasteiger partial charge in [-0.3, -0.25) is 0 Å². The van der Waals surface area contributed by atoms with Crippen molar-refractivity contribution >= 4 is 10.0 Å². The first kappa shape index (κ1) is 15.5. The van der Waals surface area contributed by atoms with E-state index in [2.05, 4.69) is 5.32 Å². The Labute approximate surface area is 120 Å². The molecule has 1 aromatic heterocycles. The van der Waals surface area contributed by atoms with Gasteiger partial charge in [0.1, 0.15) is 16.4 Å². The summed E-state index contributed by atoms with van der Waals surface area (Å²) in [7, 11) is -1.74. The monoisotopic (exact) mass is 302 g/mol. The lowest BCUT2D eigenvalue weighted by atomic mass is 10.1. The highest BCUT2D eigenvalue weighted by Gasteiger charge is 2.36. The summed E-state index contributed by atoms with van der Waals surface area (Å²) in [6.07, 6.45) is 0. The Morgan fingerprint density at radius 1 is 1.45 bits per heavy atom. The van der Waals surface area contributed by atoms with Crippen molar-refractivity contribution in [2.45, 2.75) is 37.8 Å². The zero-order chi connectivity index (χ0) is 15.0. The van der Waals surface area contributed by atoms with Crippen molar-refractivity contribution in [2.24, 2.45) is 0 Å². The van der Waals surface area contributed by atoms with Crippen LogP contribution in [0.3, 0.4) is 0 Å². The van der Waals surface area contributed by atoms with Crippen LogP contribution in [-0.2, 0) is 21.3 Å². The smallest absolute Gasteiger partial charge is 0.246 e. The fraction of sp³-hybridized carbons (Fsp3) is 0.692. The molecule has 0 aromatic carbocycles. The molecular weight excluding hydrogens is 280 g/mol. The molecular formula is C13H22N2O4S. The molecule has 0 unspecified atom stereocenters. The van der Waals surface area contributed by atoms with Gasteiger partial charge in [-0.1, -0.05) is 0 Å². The molecule has 0 radical (unpaired) electrons. The first-order chi connectivity index (χ1) is 9.26. The van der Waals surface area contributed by atoms with E-state index in [4.69, 9.17) is 9.15 Å². The van der Waals surface area contributed by atoms with Crippen molar-refractivity contribution in [3.63, 3.8) is 0 Å². The minimum atomic E-state index is -3.53. The Hall–Kier alpha value is -0.890. The quantitative estimate of drug-likeness (QED) is 0.902. The van der Waals surface area contributed by atoms with Gasteiger partial charge in [-0.2, -0.15) is 4.31 Å². The summed E-state index contributed by atoms with van der Waals surface area (Å²) in [6.45, 7) is 7.10. The average molecular weight is 302 g/mol. The van der Waals surface area contributed by atoms with Gasteiger partial charge < -0.3 is 14.5 Å². The van der Waals surface area contributed by atoms with Crippen LogP contribution in [0.5, 0.6) is 0 Å². The largest absolute Gasteiger partial charge is 0.464 e. The van der Waals surface area contributed by atoms with Gasteiger partial charge in [0.15, 0.2) is 0 Å². The Morgan fingerprint density at radius 3 is 2.75 bits per heavy atom. The van der Waals surface area contributed by atoms with Crippen molar-refractivity contribution in [2.75, 3.05) is 26.7 Å². The molecule has 20 heavy (non-hydrogen) atoms. The second kappa shape index (κ2) is 5.48. The van der Waals surface area contributed by atoms with E-state index in [1.807, 2.05) is 13.8 Å². The third kappa shape index (κ3) is 3.06. The van der Waals surface area contributed by atoms with Crippen molar-refractivity contribution in [1.82, 2.24) is 9.62 Å². The molecule has 0 atom stereocenters. The summed E-state index contributed by atoms with van der Waals surface area (Å²) in [5.41, 5.74) is -0.462. The maximum absolute atomic E-state index is 12.7. The van der Waals surface area contributed by atoms with Crippen molar-refractivity contribution < 1.29 is 17.6 Å². The van der Waals surface area contributed by atoms with Gasteiger partial charge in [0.2, 0.25) is 10.0 Å². The Bertz CT molecular complexity index is 577. The van der Waals surface area contributed by atoms with Gasteiger partial charge in [0.25, 0.3) is 0 Å². The van der Waals surface area contributed by atoms with E-state index in [1.54, 1.807) is 20.0 Å². The van der Waals surface area contributed by atoms with Gasteiger partial charge in [-0.05, 0) is 27.8 Å². The lowest BCUT2D eigenvalue weighted by molar-refractivity contribution is -0.0640. The number of nitrogens with one attached hydrogen (secondary N) is 1. The zero-order valence-corrected chi connectivity index (χ0v) is 13.2. The molecule has 2 heterocycles. The van der Waals surface area contributed by atoms with E-state index in [-0.39, 0.29) is 4.90 Å². The predicted molar refractivity (Wildman–Crippen MR) is 75.0 cm³/mol. The highest BCUT2D eigenvalue weighted by atomic mass is 32.2. The molecule has 2 rings (SSSR count). The third-order valence-electron chi connectivity index (χ3n) is 3.28. The molecule has 0 spiro atoms. The summed E-state index contributed by atoms with van der Waals surface area (Å²) in [5.74, 6) is 1.05. The Morgan fingerprint density at radius 2 is 2.15 bits per heavy atom. The van der Waals surface area contributed by atoms with E-state index in [9.17, 15) is 8.42 Å². The number of rotatable bonds is 4. The Balaban J connectivity index is 2.30. The number of sulfonamides is 1. The van der Waals surface area contributed by atoms with Crippen LogP contribution in [0.1, 0.15) is 25.4 Å². The minimum Gasteiger partial charge on any atom is -0.464 e. The van der Waals surface area contributed by atoms with Crippen LogP contribution in [-0.4, -0.2) is 45.1 Å². The van der Waals surface area contributed by atoms with Crippen molar-refractivity contribution in [3.05, 3.63) is 17.6 Å². The van der Waals surface area contributed by atoms with E-state index in [0.29, 0.717) is 37.8 Å². The number of nitrogens with zero attached hydrogens (tertiary/aromatic N) is 1. The number of hydrogen-bond acceptors (Lipinski definition) is 5. The van der Waals surface area contributed by atoms with Crippen LogP contribution in [0.25, 0.3) is 0 Å². The highest BCUT2D eigenvalue weighted by Crippen LogP contribution is 2.27. The van der Waals surface area contributed by atoms with Crippen LogP contribution in [0.4, 0.5) is 0 Å². The number of furan rings is 1. The van der Waals surface area contributed by atoms with Crippen LogP contribution in [0, 0.1) is 6.92 Å². The molecule has 0 bridgehead atoms. The standard InChI is InChI=1S/C13H22N2O4S/c1-10-12(7-11(19-10)8-14-4)20(16,17)15-5-6-18-13(2,3)9-15/h7,14H,5-6,8-9H2,1-4H3. The molecule has 1 aliphatic heterocycles. The molecule has 1 aliphatic rings. The lowest BCUT2D eigenvalue weighted by Crippen LogP contribution is -2.50. The SMILES string of the molecule is CNCc1cc(S(=O)(=O)N2CCOC(C)(C)C2)c(C)o1. The van der Waals surface area contributed by atoms with E-state index < -0.39 is 15.6 Å². The molecule has 6 nitrogen and oxygen atoms in total. The van der Waals surface area contributed by atoms with Gasteiger partial charge in [0.05, 0.1) is 18.8 Å². The molecule has 0 amide bonds. The Kier molecular flexibility index (Phi) is 4.24. The number of ether oxygens (including phenoxy) is 1. The molecule has 0 aliphatic carbocycles. The first-order valence-electron chi connectivity index (χ1n) is 6.64. The molecule has 1 aromatic rings. The van der Waals surface area contributed by atoms with Crippen LogP contribution < -0.4 is 5.32 Å². The van der Waals surface area contributed by atoms with Gasteiger partial charge in [-0.15, -0.1) is 0 Å². The first-order valence-corrected chi connectivity index (χ1v) is 8.08. The fourth-order valence-corrected chi connectivity index (χ4v) is 4.12. The van der Waals surface area contributed by atoms with Crippen LogP contribution in [0.2, 0.25) is 0 Å². The average Bonchev–Trinajstić information content (AvgIpc) is 2.70. The summed E-state index contributed by atoms with van der Waals surface area (Å²) >= 11 is 0. The van der Waals surface area contributed by atoms with Crippen molar-refractivity contribution in [1.29, 1.82) is 0 Å². The lowest BCUT2D eigenvalue weighted by Gasteiger charge is -2.37. The van der Waals surface area contributed by atoms with Crippen LogP contribution >= 0.6 is 0 Å². The van der Waals surface area contributed by atoms with E-state index in [0.717, 1.165) is 0 Å². The second-order valence-electron chi connectivity index (χ2n) is 5.61. The van der Waals surface area contributed by atoms with Gasteiger partial charge >= 0.3 is 0 Å². The minimum absolute atomic E-state index is 0.250.